The molecular formula is C27H25ClN4O2. The molecule has 1 heterocycles. The van der Waals surface area contributed by atoms with Crippen LogP contribution < -0.4 is 5.32 Å². The molecule has 0 saturated carbocycles. The van der Waals surface area contributed by atoms with Crippen LogP contribution in [0.3, 0.4) is 0 Å². The van der Waals surface area contributed by atoms with Crippen molar-refractivity contribution in [2.75, 3.05) is 18.9 Å². The van der Waals surface area contributed by atoms with E-state index in [0.29, 0.717) is 16.3 Å². The zero-order valence-electron chi connectivity index (χ0n) is 19.2. The summed E-state index contributed by atoms with van der Waals surface area (Å²) < 4.78 is 1.67. The fraction of sp³-hybridized carbons (Fsp3) is 0.148. The summed E-state index contributed by atoms with van der Waals surface area (Å²) >= 11 is 6.05. The maximum absolute atomic E-state index is 13.4. The van der Waals surface area contributed by atoms with Gasteiger partial charge >= 0.3 is 0 Å². The van der Waals surface area contributed by atoms with E-state index in [1.807, 2.05) is 74.5 Å². The van der Waals surface area contributed by atoms with Crippen LogP contribution in [0, 0.1) is 13.8 Å². The highest BCUT2D eigenvalue weighted by Gasteiger charge is 2.23. The number of nitrogens with zero attached hydrogens (tertiary/aromatic N) is 3. The number of aromatic nitrogens is 2. The average Bonchev–Trinajstić information content (AvgIpc) is 3.27. The molecule has 0 radical (unpaired) electrons. The Morgan fingerprint density at radius 1 is 0.941 bits per heavy atom. The smallest absolute Gasteiger partial charge is 0.257 e. The third-order valence-electron chi connectivity index (χ3n) is 5.56. The molecule has 34 heavy (non-hydrogen) atoms. The van der Waals surface area contributed by atoms with Crippen LogP contribution in [0.2, 0.25) is 5.02 Å². The van der Waals surface area contributed by atoms with E-state index in [1.165, 1.54) is 4.90 Å². The minimum Gasteiger partial charge on any atom is -0.332 e. The topological polar surface area (TPSA) is 67.2 Å². The number of benzene rings is 3. The predicted octanol–water partition coefficient (Wildman–Crippen LogP) is 5.52. The number of carbonyl (C=O) groups is 2. The second-order valence-corrected chi connectivity index (χ2v) is 8.59. The molecule has 2 amide bonds. The van der Waals surface area contributed by atoms with Crippen LogP contribution in [0.5, 0.6) is 0 Å². The molecule has 0 saturated heterocycles. The minimum absolute atomic E-state index is 0.0941. The number of carbonyl (C=O) groups excluding carboxylic acids is 2. The highest BCUT2D eigenvalue weighted by atomic mass is 35.5. The first-order valence-electron chi connectivity index (χ1n) is 10.9. The Labute approximate surface area is 203 Å². The molecular weight excluding hydrogens is 448 g/mol. The maximum atomic E-state index is 13.4. The summed E-state index contributed by atoms with van der Waals surface area (Å²) in [5.74, 6) is -0.569. The van der Waals surface area contributed by atoms with Crippen molar-refractivity contribution in [3.05, 3.63) is 101 Å². The van der Waals surface area contributed by atoms with Gasteiger partial charge in [0.05, 0.1) is 17.8 Å². The number of rotatable bonds is 6. The van der Waals surface area contributed by atoms with E-state index in [1.54, 1.807) is 30.1 Å². The Hall–Kier alpha value is -3.90. The van der Waals surface area contributed by atoms with E-state index in [9.17, 15) is 9.59 Å². The first-order chi connectivity index (χ1) is 16.3. The van der Waals surface area contributed by atoms with Crippen molar-refractivity contribution in [2.45, 2.75) is 13.8 Å². The molecule has 0 unspecified atom stereocenters. The lowest BCUT2D eigenvalue weighted by atomic mass is 10.1. The number of amides is 2. The van der Waals surface area contributed by atoms with Crippen LogP contribution in [0.1, 0.15) is 21.5 Å². The highest BCUT2D eigenvalue weighted by molar-refractivity contribution is 6.30. The van der Waals surface area contributed by atoms with Crippen LogP contribution in [0.25, 0.3) is 16.9 Å². The van der Waals surface area contributed by atoms with Crippen molar-refractivity contribution in [1.82, 2.24) is 14.7 Å². The summed E-state index contributed by atoms with van der Waals surface area (Å²) in [4.78, 5) is 27.6. The van der Waals surface area contributed by atoms with Crippen LogP contribution >= 0.6 is 11.6 Å². The first kappa shape index (κ1) is 23.3. The number of anilines is 1. The summed E-state index contributed by atoms with van der Waals surface area (Å²) in [6.07, 6.45) is 1.70. The van der Waals surface area contributed by atoms with Gasteiger partial charge in [-0.1, -0.05) is 60.1 Å². The summed E-state index contributed by atoms with van der Waals surface area (Å²) in [5, 5.41) is 8.21. The number of halogens is 1. The quantitative estimate of drug-likeness (QED) is 0.401. The van der Waals surface area contributed by atoms with Gasteiger partial charge in [-0.3, -0.25) is 9.59 Å². The maximum Gasteiger partial charge on any atom is 0.257 e. The molecule has 3 aromatic carbocycles. The number of aryl methyl sites for hydroxylation is 2. The van der Waals surface area contributed by atoms with Crippen LogP contribution in [-0.4, -0.2) is 40.1 Å². The average molecular weight is 473 g/mol. The molecule has 4 rings (SSSR count). The van der Waals surface area contributed by atoms with E-state index < -0.39 is 0 Å². The van der Waals surface area contributed by atoms with Gasteiger partial charge in [-0.05, 0) is 49.2 Å². The largest absolute Gasteiger partial charge is 0.332 e. The molecule has 4 aromatic rings. The lowest BCUT2D eigenvalue weighted by Crippen LogP contribution is -2.35. The molecule has 0 aliphatic rings. The molecule has 0 spiro atoms. The van der Waals surface area contributed by atoms with E-state index in [4.69, 9.17) is 11.6 Å². The van der Waals surface area contributed by atoms with Crippen molar-refractivity contribution in [2.24, 2.45) is 0 Å². The number of likely N-dealkylation sites (N-methyl/N-ethyl adjacent to an activating group) is 1. The number of nitrogens with one attached hydrogen (secondary N) is 1. The van der Waals surface area contributed by atoms with Gasteiger partial charge < -0.3 is 10.2 Å². The molecule has 0 aliphatic carbocycles. The number of para-hydroxylation sites is 2. The van der Waals surface area contributed by atoms with E-state index >= 15 is 0 Å². The molecule has 6 nitrogen and oxygen atoms in total. The van der Waals surface area contributed by atoms with Gasteiger partial charge in [-0.15, -0.1) is 0 Å². The lowest BCUT2D eigenvalue weighted by Gasteiger charge is -2.18. The predicted molar refractivity (Wildman–Crippen MR) is 136 cm³/mol. The molecule has 7 heteroatoms. The molecule has 0 bridgehead atoms. The molecule has 172 valence electrons. The van der Waals surface area contributed by atoms with Crippen LogP contribution in [-0.2, 0) is 4.79 Å². The second kappa shape index (κ2) is 9.93. The van der Waals surface area contributed by atoms with Crippen molar-refractivity contribution in [3.8, 4) is 16.9 Å². The van der Waals surface area contributed by atoms with Gasteiger partial charge in [0, 0.05) is 29.5 Å². The molecule has 0 fully saturated rings. The van der Waals surface area contributed by atoms with Gasteiger partial charge in [0.2, 0.25) is 5.91 Å². The van der Waals surface area contributed by atoms with Crippen molar-refractivity contribution in [1.29, 1.82) is 0 Å². The molecule has 1 aromatic heterocycles. The van der Waals surface area contributed by atoms with Crippen molar-refractivity contribution < 1.29 is 9.59 Å². The van der Waals surface area contributed by atoms with Gasteiger partial charge in [-0.2, -0.15) is 5.10 Å². The summed E-state index contributed by atoms with van der Waals surface area (Å²) in [7, 11) is 1.61. The normalized spacial score (nSPS) is 10.7. The van der Waals surface area contributed by atoms with Gasteiger partial charge in [0.1, 0.15) is 5.69 Å². The van der Waals surface area contributed by atoms with Gasteiger partial charge in [0.25, 0.3) is 5.91 Å². The SMILES string of the molecule is Cc1cccc(C)c1NC(=O)CN(C)C(=O)c1cn(-c2ccccc2)nc1-c1ccc(Cl)cc1. The highest BCUT2D eigenvalue weighted by Crippen LogP contribution is 2.26. The molecule has 0 atom stereocenters. The molecule has 1 N–H and O–H groups in total. The second-order valence-electron chi connectivity index (χ2n) is 8.15. The third-order valence-corrected chi connectivity index (χ3v) is 5.81. The van der Waals surface area contributed by atoms with Crippen molar-refractivity contribution in [3.63, 3.8) is 0 Å². The van der Waals surface area contributed by atoms with Crippen LogP contribution in [0.15, 0.2) is 79.0 Å². The van der Waals surface area contributed by atoms with E-state index in [-0.39, 0.29) is 18.4 Å². The van der Waals surface area contributed by atoms with E-state index in [2.05, 4.69) is 10.4 Å². The Morgan fingerprint density at radius 3 is 2.24 bits per heavy atom. The van der Waals surface area contributed by atoms with Crippen molar-refractivity contribution >= 4 is 29.1 Å². The summed E-state index contributed by atoms with van der Waals surface area (Å²) in [5.41, 5.74) is 5.21. The van der Waals surface area contributed by atoms with Gasteiger partial charge in [-0.25, -0.2) is 4.68 Å². The van der Waals surface area contributed by atoms with Crippen LogP contribution in [0.4, 0.5) is 5.69 Å². The fourth-order valence-electron chi connectivity index (χ4n) is 3.75. The number of hydrogen-bond acceptors (Lipinski definition) is 3. The zero-order valence-corrected chi connectivity index (χ0v) is 20.0. The monoisotopic (exact) mass is 472 g/mol. The Morgan fingerprint density at radius 2 is 1.59 bits per heavy atom. The lowest BCUT2D eigenvalue weighted by molar-refractivity contribution is -0.116. The standard InChI is InChI=1S/C27H25ClN4O2/c1-18-8-7-9-19(2)25(18)29-24(33)17-31(3)27(34)23-16-32(22-10-5-4-6-11-22)30-26(23)20-12-14-21(28)15-13-20/h4-16H,17H2,1-3H3,(H,29,33). The van der Waals surface area contributed by atoms with Gasteiger partial charge in [0.15, 0.2) is 0 Å². The third kappa shape index (κ3) is 5.02. The molecule has 0 aliphatic heterocycles. The van der Waals surface area contributed by atoms with E-state index in [0.717, 1.165) is 28.1 Å². The Kier molecular flexibility index (Phi) is 6.80. The fourth-order valence-corrected chi connectivity index (χ4v) is 3.87. The first-order valence-corrected chi connectivity index (χ1v) is 11.2. The summed E-state index contributed by atoms with van der Waals surface area (Å²) in [6.45, 7) is 3.78. The summed E-state index contributed by atoms with van der Waals surface area (Å²) in [6, 6.07) is 22.5. The number of hydrogen-bond donors (Lipinski definition) is 1. The Bertz CT molecular complexity index is 1310. The Balaban J connectivity index is 1.61. The minimum atomic E-state index is -0.302. The zero-order chi connectivity index (χ0) is 24.2.